The topological polar surface area (TPSA) is 101 Å². The summed E-state index contributed by atoms with van der Waals surface area (Å²) < 4.78 is 5.24. The Morgan fingerprint density at radius 1 is 1.10 bits per heavy atom. The molecule has 0 unspecified atom stereocenters. The normalized spacial score (nSPS) is 11.0. The summed E-state index contributed by atoms with van der Waals surface area (Å²) in [6.45, 7) is 2.56. The molecule has 0 saturated carbocycles. The van der Waals surface area contributed by atoms with Crippen molar-refractivity contribution in [1.29, 1.82) is 0 Å². The van der Waals surface area contributed by atoms with Crippen LogP contribution in [0, 0.1) is 6.92 Å². The molecule has 0 aliphatic heterocycles. The van der Waals surface area contributed by atoms with Crippen LogP contribution in [0.5, 0.6) is 0 Å². The lowest BCUT2D eigenvalue weighted by molar-refractivity contribution is -0.121. The molecule has 0 atom stereocenters. The predicted octanol–water partition coefficient (Wildman–Crippen LogP) is 3.18. The van der Waals surface area contributed by atoms with Gasteiger partial charge < -0.3 is 14.8 Å². The number of hydrogen-bond donors (Lipinski definition) is 2. The van der Waals surface area contributed by atoms with Crippen molar-refractivity contribution in [2.45, 2.75) is 26.2 Å². The number of aromatic nitrogens is 3. The van der Waals surface area contributed by atoms with Gasteiger partial charge in [-0.2, -0.15) is 4.98 Å². The van der Waals surface area contributed by atoms with E-state index in [1.807, 2.05) is 55.5 Å². The maximum atomic E-state index is 12.4. The van der Waals surface area contributed by atoms with Crippen LogP contribution in [0.1, 0.15) is 23.4 Å². The third-order valence-corrected chi connectivity index (χ3v) is 4.85. The Balaban J connectivity index is 1.36. The Labute approximate surface area is 173 Å². The molecule has 30 heavy (non-hydrogen) atoms. The third-order valence-electron chi connectivity index (χ3n) is 4.85. The van der Waals surface area contributed by atoms with Crippen molar-refractivity contribution in [2.24, 2.45) is 0 Å². The second kappa shape index (κ2) is 8.73. The Bertz CT molecular complexity index is 1230. The van der Waals surface area contributed by atoms with Crippen molar-refractivity contribution in [1.82, 2.24) is 20.4 Å². The SMILES string of the molecule is Cc1ccc2[nH]c(=O)c(-c3noc(CCC(=O)NCCc4ccccc4)n3)cc2c1. The van der Waals surface area contributed by atoms with Gasteiger partial charge in [-0.15, -0.1) is 0 Å². The number of carbonyl (C=O) groups is 1. The number of fused-ring (bicyclic) bond motifs is 1. The highest BCUT2D eigenvalue weighted by Crippen LogP contribution is 2.18. The quantitative estimate of drug-likeness (QED) is 0.494. The van der Waals surface area contributed by atoms with Gasteiger partial charge in [0.25, 0.3) is 5.56 Å². The van der Waals surface area contributed by atoms with Gasteiger partial charge in [-0.1, -0.05) is 47.1 Å². The molecular weight excluding hydrogens is 380 g/mol. The molecule has 0 saturated heterocycles. The van der Waals surface area contributed by atoms with Crippen LogP contribution in [0.3, 0.4) is 0 Å². The molecule has 0 radical (unpaired) electrons. The van der Waals surface area contributed by atoms with Crippen LogP contribution in [-0.2, 0) is 17.6 Å². The van der Waals surface area contributed by atoms with Gasteiger partial charge in [0.15, 0.2) is 0 Å². The summed E-state index contributed by atoms with van der Waals surface area (Å²) in [7, 11) is 0. The maximum absolute atomic E-state index is 12.4. The van der Waals surface area contributed by atoms with E-state index in [9.17, 15) is 9.59 Å². The molecule has 7 nitrogen and oxygen atoms in total. The van der Waals surface area contributed by atoms with E-state index in [0.717, 1.165) is 22.9 Å². The highest BCUT2D eigenvalue weighted by atomic mass is 16.5. The highest BCUT2D eigenvalue weighted by Gasteiger charge is 2.14. The first kappa shape index (κ1) is 19.6. The second-order valence-electron chi connectivity index (χ2n) is 7.20. The third kappa shape index (κ3) is 4.63. The molecule has 4 aromatic rings. The highest BCUT2D eigenvalue weighted by molar-refractivity contribution is 5.83. The van der Waals surface area contributed by atoms with E-state index in [-0.39, 0.29) is 23.7 Å². The largest absolute Gasteiger partial charge is 0.356 e. The van der Waals surface area contributed by atoms with Crippen molar-refractivity contribution < 1.29 is 9.32 Å². The van der Waals surface area contributed by atoms with E-state index < -0.39 is 0 Å². The average Bonchev–Trinajstić information content (AvgIpc) is 3.22. The molecule has 0 spiro atoms. The van der Waals surface area contributed by atoms with Crippen LogP contribution in [0.2, 0.25) is 0 Å². The fraction of sp³-hybridized carbons (Fsp3) is 0.217. The lowest BCUT2D eigenvalue weighted by atomic mass is 10.1. The molecule has 0 aliphatic rings. The van der Waals surface area contributed by atoms with Crippen molar-refractivity contribution >= 4 is 16.8 Å². The standard InChI is InChI=1S/C23H22N4O3/c1-15-7-8-19-17(13-15)14-18(23(29)25-19)22-26-21(30-27-22)10-9-20(28)24-12-11-16-5-3-2-4-6-16/h2-8,13-14H,9-12H2,1H3,(H,24,28)(H,25,29). The number of amides is 1. The minimum Gasteiger partial charge on any atom is -0.356 e. The summed E-state index contributed by atoms with van der Waals surface area (Å²) in [6.07, 6.45) is 1.33. The number of hydrogen-bond acceptors (Lipinski definition) is 5. The van der Waals surface area contributed by atoms with E-state index in [1.54, 1.807) is 6.07 Å². The molecule has 4 rings (SSSR count). The molecule has 0 aliphatic carbocycles. The second-order valence-corrected chi connectivity index (χ2v) is 7.20. The van der Waals surface area contributed by atoms with Crippen LogP contribution in [0.15, 0.2) is 63.9 Å². The molecule has 2 aromatic carbocycles. The fourth-order valence-corrected chi connectivity index (χ4v) is 3.26. The van der Waals surface area contributed by atoms with E-state index >= 15 is 0 Å². The summed E-state index contributed by atoms with van der Waals surface area (Å²) in [4.78, 5) is 31.6. The number of aryl methyl sites for hydroxylation is 2. The summed E-state index contributed by atoms with van der Waals surface area (Å²) >= 11 is 0. The number of aromatic amines is 1. The number of pyridine rings is 1. The van der Waals surface area contributed by atoms with Crippen LogP contribution in [0.4, 0.5) is 0 Å². The van der Waals surface area contributed by atoms with Crippen molar-refractivity contribution in [3.63, 3.8) is 0 Å². The molecule has 2 aromatic heterocycles. The molecule has 7 heteroatoms. The van der Waals surface area contributed by atoms with Crippen LogP contribution < -0.4 is 10.9 Å². The zero-order valence-corrected chi connectivity index (χ0v) is 16.6. The van der Waals surface area contributed by atoms with Crippen molar-refractivity contribution in [2.75, 3.05) is 6.54 Å². The van der Waals surface area contributed by atoms with E-state index in [4.69, 9.17) is 4.52 Å². The van der Waals surface area contributed by atoms with Gasteiger partial charge in [0, 0.05) is 24.9 Å². The Kier molecular flexibility index (Phi) is 5.70. The minimum absolute atomic E-state index is 0.0790. The maximum Gasteiger partial charge on any atom is 0.259 e. The minimum atomic E-state index is -0.280. The number of H-pyrrole nitrogens is 1. The number of carbonyl (C=O) groups excluding carboxylic acids is 1. The molecule has 2 N–H and O–H groups in total. The average molecular weight is 402 g/mol. The van der Waals surface area contributed by atoms with Gasteiger partial charge in [0.2, 0.25) is 17.6 Å². The number of rotatable bonds is 7. The van der Waals surface area contributed by atoms with Gasteiger partial charge in [-0.3, -0.25) is 9.59 Å². The first-order valence-electron chi connectivity index (χ1n) is 9.86. The number of nitrogens with one attached hydrogen (secondary N) is 2. The summed E-state index contributed by atoms with van der Waals surface area (Å²) in [6, 6.07) is 17.5. The van der Waals surface area contributed by atoms with Crippen molar-refractivity contribution in [3.8, 4) is 11.4 Å². The number of benzene rings is 2. The zero-order chi connectivity index (χ0) is 20.9. The Morgan fingerprint density at radius 2 is 1.93 bits per heavy atom. The lowest BCUT2D eigenvalue weighted by Crippen LogP contribution is -2.25. The molecular formula is C23H22N4O3. The summed E-state index contributed by atoms with van der Waals surface area (Å²) in [5.41, 5.74) is 3.08. The predicted molar refractivity (Wildman–Crippen MR) is 114 cm³/mol. The lowest BCUT2D eigenvalue weighted by Gasteiger charge is -2.04. The first-order valence-corrected chi connectivity index (χ1v) is 9.86. The Morgan fingerprint density at radius 3 is 2.77 bits per heavy atom. The first-order chi connectivity index (χ1) is 14.6. The fourth-order valence-electron chi connectivity index (χ4n) is 3.26. The van der Waals surface area contributed by atoms with E-state index in [1.165, 1.54) is 5.56 Å². The molecule has 0 bridgehead atoms. The van der Waals surface area contributed by atoms with Crippen LogP contribution in [-0.4, -0.2) is 27.6 Å². The van der Waals surface area contributed by atoms with Crippen molar-refractivity contribution in [3.05, 3.63) is 82.0 Å². The van der Waals surface area contributed by atoms with Gasteiger partial charge >= 0.3 is 0 Å². The molecule has 0 fully saturated rings. The molecule has 1 amide bonds. The van der Waals surface area contributed by atoms with Crippen LogP contribution >= 0.6 is 0 Å². The van der Waals surface area contributed by atoms with Gasteiger partial charge in [-0.05, 0) is 42.5 Å². The summed E-state index contributed by atoms with van der Waals surface area (Å²) in [5, 5.41) is 7.71. The number of nitrogens with zero attached hydrogens (tertiary/aromatic N) is 2. The Hall–Kier alpha value is -3.74. The monoisotopic (exact) mass is 402 g/mol. The van der Waals surface area contributed by atoms with E-state index in [2.05, 4.69) is 20.4 Å². The summed E-state index contributed by atoms with van der Waals surface area (Å²) in [5.74, 6) is 0.468. The van der Waals surface area contributed by atoms with Gasteiger partial charge in [0.1, 0.15) is 0 Å². The zero-order valence-electron chi connectivity index (χ0n) is 16.6. The van der Waals surface area contributed by atoms with Gasteiger partial charge in [-0.25, -0.2) is 0 Å². The van der Waals surface area contributed by atoms with Crippen LogP contribution in [0.25, 0.3) is 22.3 Å². The smallest absolute Gasteiger partial charge is 0.259 e. The van der Waals surface area contributed by atoms with Gasteiger partial charge in [0.05, 0.1) is 5.56 Å². The van der Waals surface area contributed by atoms with E-state index in [0.29, 0.717) is 24.4 Å². The molecule has 152 valence electrons. The molecule has 2 heterocycles.